The van der Waals surface area contributed by atoms with Crippen LogP contribution in [0.15, 0.2) is 36.4 Å². The summed E-state index contributed by atoms with van der Waals surface area (Å²) in [6.07, 6.45) is 1.55. The van der Waals surface area contributed by atoms with Crippen molar-refractivity contribution in [3.05, 3.63) is 69.0 Å². The zero-order valence-corrected chi connectivity index (χ0v) is 17.0. The summed E-state index contributed by atoms with van der Waals surface area (Å²) >= 11 is 11.9. The Morgan fingerprint density at radius 1 is 1.19 bits per heavy atom. The Balaban J connectivity index is 2.29. The fourth-order valence-corrected chi connectivity index (χ4v) is 3.33. The Hall–Kier alpha value is -1.58. The maximum atomic E-state index is 13.7. The van der Waals surface area contributed by atoms with Crippen LogP contribution < -0.4 is 5.32 Å². The van der Waals surface area contributed by atoms with Gasteiger partial charge in [-0.1, -0.05) is 54.7 Å². The number of aryl methyl sites for hydroxylation is 1. The molecule has 2 rings (SSSR count). The van der Waals surface area contributed by atoms with E-state index >= 15 is 0 Å². The minimum absolute atomic E-state index is 0.0692. The highest BCUT2D eigenvalue weighted by Crippen LogP contribution is 2.33. The van der Waals surface area contributed by atoms with Crippen molar-refractivity contribution >= 4 is 29.1 Å². The summed E-state index contributed by atoms with van der Waals surface area (Å²) in [6, 6.07) is 9.94. The SMILES string of the molecule is CCCC(C)(C(=O)NC(C)c1ccc(Cl)c(F)c1)c1ccc(Cl)c(C)c1. The van der Waals surface area contributed by atoms with E-state index in [1.54, 1.807) is 6.07 Å². The molecule has 0 aliphatic rings. The molecule has 0 aliphatic heterocycles. The van der Waals surface area contributed by atoms with E-state index in [1.807, 2.05) is 45.9 Å². The van der Waals surface area contributed by atoms with Crippen LogP contribution in [0.4, 0.5) is 4.39 Å². The van der Waals surface area contributed by atoms with Gasteiger partial charge in [0.05, 0.1) is 16.5 Å². The monoisotopic (exact) mass is 395 g/mol. The zero-order valence-electron chi connectivity index (χ0n) is 15.5. The van der Waals surface area contributed by atoms with Crippen LogP contribution >= 0.6 is 23.2 Å². The predicted octanol–water partition coefficient (Wildman–Crippen LogP) is 6.38. The van der Waals surface area contributed by atoms with Crippen molar-refractivity contribution in [3.63, 3.8) is 0 Å². The Kier molecular flexibility index (Phi) is 6.70. The third-order valence-electron chi connectivity index (χ3n) is 4.84. The van der Waals surface area contributed by atoms with Crippen LogP contribution in [0, 0.1) is 12.7 Å². The van der Waals surface area contributed by atoms with Crippen molar-refractivity contribution in [3.8, 4) is 0 Å². The lowest BCUT2D eigenvalue weighted by Crippen LogP contribution is -2.43. The van der Waals surface area contributed by atoms with Gasteiger partial charge in [-0.05, 0) is 62.1 Å². The van der Waals surface area contributed by atoms with E-state index in [9.17, 15) is 9.18 Å². The number of hydrogen-bond donors (Lipinski definition) is 1. The summed E-state index contributed by atoms with van der Waals surface area (Å²) < 4.78 is 13.7. The normalized spacial score (nSPS) is 14.6. The summed E-state index contributed by atoms with van der Waals surface area (Å²) in [5, 5.41) is 3.77. The third kappa shape index (κ3) is 4.39. The molecule has 0 saturated carbocycles. The maximum absolute atomic E-state index is 13.7. The number of halogens is 3. The number of carbonyl (C=O) groups is 1. The molecule has 2 atom stereocenters. The highest BCUT2D eigenvalue weighted by Gasteiger charge is 2.35. The molecular formula is C21H24Cl2FNO. The molecule has 1 N–H and O–H groups in total. The topological polar surface area (TPSA) is 29.1 Å². The molecule has 0 heterocycles. The molecule has 0 spiro atoms. The van der Waals surface area contributed by atoms with Gasteiger partial charge in [-0.25, -0.2) is 4.39 Å². The van der Waals surface area contributed by atoms with Crippen molar-refractivity contribution in [1.82, 2.24) is 5.32 Å². The van der Waals surface area contributed by atoms with Gasteiger partial charge in [0, 0.05) is 5.02 Å². The number of benzene rings is 2. The average Bonchev–Trinajstić information content (AvgIpc) is 2.59. The fourth-order valence-electron chi connectivity index (χ4n) is 3.10. The van der Waals surface area contributed by atoms with E-state index in [-0.39, 0.29) is 17.0 Å². The molecule has 0 fully saturated rings. The second kappa shape index (κ2) is 8.41. The summed E-state index contributed by atoms with van der Waals surface area (Å²) in [7, 11) is 0. The van der Waals surface area contributed by atoms with Crippen LogP contribution in [-0.2, 0) is 10.2 Å². The molecule has 5 heteroatoms. The van der Waals surface area contributed by atoms with E-state index in [4.69, 9.17) is 23.2 Å². The second-order valence-electron chi connectivity index (χ2n) is 6.91. The van der Waals surface area contributed by atoms with E-state index in [0.29, 0.717) is 17.0 Å². The summed E-state index contributed by atoms with van der Waals surface area (Å²) in [6.45, 7) is 7.74. The van der Waals surface area contributed by atoms with Crippen LogP contribution in [0.1, 0.15) is 56.3 Å². The summed E-state index contributed by atoms with van der Waals surface area (Å²) in [5.74, 6) is -0.584. The van der Waals surface area contributed by atoms with E-state index in [0.717, 1.165) is 17.5 Å². The number of carbonyl (C=O) groups excluding carboxylic acids is 1. The predicted molar refractivity (Wildman–Crippen MR) is 106 cm³/mol. The van der Waals surface area contributed by atoms with Gasteiger partial charge in [-0.2, -0.15) is 0 Å². The number of nitrogens with one attached hydrogen (secondary N) is 1. The second-order valence-corrected chi connectivity index (χ2v) is 7.73. The smallest absolute Gasteiger partial charge is 0.230 e. The van der Waals surface area contributed by atoms with Gasteiger partial charge < -0.3 is 5.32 Å². The standard InChI is InChI=1S/C21H24Cl2FNO/c1-5-10-21(4,16-7-9-17(22)13(2)11-16)20(26)25-14(3)15-6-8-18(23)19(24)12-15/h6-9,11-12,14H,5,10H2,1-4H3,(H,25,26). The molecule has 2 unspecified atom stereocenters. The molecule has 0 aliphatic carbocycles. The van der Waals surface area contributed by atoms with E-state index in [2.05, 4.69) is 5.32 Å². The number of rotatable bonds is 6. The van der Waals surface area contributed by atoms with Gasteiger partial charge in [0.25, 0.3) is 0 Å². The summed E-state index contributed by atoms with van der Waals surface area (Å²) in [4.78, 5) is 13.1. The van der Waals surface area contributed by atoms with Crippen molar-refractivity contribution in [2.45, 2.75) is 52.0 Å². The summed E-state index contributed by atoms with van der Waals surface area (Å²) in [5.41, 5.74) is 1.84. The molecule has 140 valence electrons. The zero-order chi connectivity index (χ0) is 19.5. The number of amides is 1. The molecule has 2 nitrogen and oxygen atoms in total. The first-order valence-electron chi connectivity index (χ1n) is 8.71. The molecule has 2 aromatic rings. The Morgan fingerprint density at radius 2 is 1.85 bits per heavy atom. The molecule has 0 aromatic heterocycles. The van der Waals surface area contributed by atoms with Gasteiger partial charge in [0.15, 0.2) is 0 Å². The van der Waals surface area contributed by atoms with E-state index in [1.165, 1.54) is 12.1 Å². The van der Waals surface area contributed by atoms with Crippen LogP contribution in [0.5, 0.6) is 0 Å². The van der Waals surface area contributed by atoms with Crippen molar-refractivity contribution in [1.29, 1.82) is 0 Å². The highest BCUT2D eigenvalue weighted by molar-refractivity contribution is 6.31. The lowest BCUT2D eigenvalue weighted by molar-refractivity contribution is -0.127. The lowest BCUT2D eigenvalue weighted by Gasteiger charge is -2.31. The highest BCUT2D eigenvalue weighted by atomic mass is 35.5. The first-order chi connectivity index (χ1) is 12.2. The molecular weight excluding hydrogens is 372 g/mol. The quantitative estimate of drug-likeness (QED) is 0.603. The van der Waals surface area contributed by atoms with Crippen LogP contribution in [0.2, 0.25) is 10.0 Å². The first kappa shape index (κ1) is 20.7. The van der Waals surface area contributed by atoms with Gasteiger partial charge >= 0.3 is 0 Å². The minimum atomic E-state index is -0.691. The van der Waals surface area contributed by atoms with Crippen molar-refractivity contribution in [2.75, 3.05) is 0 Å². The van der Waals surface area contributed by atoms with Gasteiger partial charge in [0.2, 0.25) is 5.91 Å². The molecule has 2 aromatic carbocycles. The van der Waals surface area contributed by atoms with Crippen molar-refractivity contribution < 1.29 is 9.18 Å². The molecule has 0 saturated heterocycles. The Bertz CT molecular complexity index is 809. The first-order valence-corrected chi connectivity index (χ1v) is 9.47. The van der Waals surface area contributed by atoms with Gasteiger partial charge in [0.1, 0.15) is 5.82 Å². The lowest BCUT2D eigenvalue weighted by atomic mass is 9.77. The maximum Gasteiger partial charge on any atom is 0.230 e. The molecule has 26 heavy (non-hydrogen) atoms. The Morgan fingerprint density at radius 3 is 2.42 bits per heavy atom. The third-order valence-corrected chi connectivity index (χ3v) is 5.57. The van der Waals surface area contributed by atoms with Crippen LogP contribution in [-0.4, -0.2) is 5.91 Å². The van der Waals surface area contributed by atoms with Gasteiger partial charge in [-0.15, -0.1) is 0 Å². The molecule has 0 radical (unpaired) electrons. The fraction of sp³-hybridized carbons (Fsp3) is 0.381. The Labute approximate surface area is 164 Å². The van der Waals surface area contributed by atoms with Crippen LogP contribution in [0.3, 0.4) is 0 Å². The minimum Gasteiger partial charge on any atom is -0.349 e. The average molecular weight is 396 g/mol. The molecule has 1 amide bonds. The van der Waals surface area contributed by atoms with Crippen LogP contribution in [0.25, 0.3) is 0 Å². The number of hydrogen-bond acceptors (Lipinski definition) is 1. The largest absolute Gasteiger partial charge is 0.349 e. The van der Waals surface area contributed by atoms with E-state index < -0.39 is 11.2 Å². The van der Waals surface area contributed by atoms with Crippen molar-refractivity contribution in [2.24, 2.45) is 0 Å². The molecule has 0 bridgehead atoms. The van der Waals surface area contributed by atoms with Gasteiger partial charge in [-0.3, -0.25) is 4.79 Å².